The topological polar surface area (TPSA) is 86.7 Å². The van der Waals surface area contributed by atoms with E-state index in [4.69, 9.17) is 0 Å². The molecule has 0 bridgehead atoms. The Morgan fingerprint density at radius 1 is 1.08 bits per heavy atom. The molecule has 5 rings (SSSR count). The van der Waals surface area contributed by atoms with Gasteiger partial charge in [-0.25, -0.2) is 13.1 Å². The third-order valence-corrected chi connectivity index (χ3v) is 13.5. The third-order valence-electron chi connectivity index (χ3n) is 12.7. The van der Waals surface area contributed by atoms with Crippen LogP contribution >= 0.6 is 0 Å². The van der Waals surface area contributed by atoms with Gasteiger partial charge in [0.1, 0.15) is 0 Å². The Labute approximate surface area is 237 Å². The van der Waals surface area contributed by atoms with Gasteiger partial charge < -0.3 is 10.0 Å². The highest BCUT2D eigenvalue weighted by atomic mass is 32.2. The van der Waals surface area contributed by atoms with Crippen molar-refractivity contribution in [3.8, 4) is 0 Å². The van der Waals surface area contributed by atoms with Gasteiger partial charge in [-0.15, -0.1) is 0 Å². The highest BCUT2D eigenvalue weighted by Crippen LogP contribution is 2.67. The monoisotopic (exact) mass is 562 g/mol. The molecule has 1 heterocycles. The summed E-state index contributed by atoms with van der Waals surface area (Å²) in [5.74, 6) is 4.19. The number of hydrogen-bond acceptors (Lipinski definition) is 4. The lowest BCUT2D eigenvalue weighted by molar-refractivity contribution is -0.133. The number of carbonyl (C=O) groups excluding carboxylic acids is 1. The summed E-state index contributed by atoms with van der Waals surface area (Å²) in [5, 5.41) is 10.3. The molecule has 0 spiro atoms. The van der Waals surface area contributed by atoms with Crippen LogP contribution in [0.5, 0.6) is 0 Å². The maximum atomic E-state index is 13.2. The van der Waals surface area contributed by atoms with Crippen molar-refractivity contribution in [3.63, 3.8) is 0 Å². The van der Waals surface area contributed by atoms with E-state index >= 15 is 0 Å². The van der Waals surface area contributed by atoms with Crippen molar-refractivity contribution in [2.45, 2.75) is 117 Å². The van der Waals surface area contributed by atoms with Gasteiger partial charge >= 0.3 is 0 Å². The normalized spacial score (nSPS) is 40.7. The number of rotatable bonds is 7. The summed E-state index contributed by atoms with van der Waals surface area (Å²) >= 11 is 0. The van der Waals surface area contributed by atoms with E-state index in [0.29, 0.717) is 35.0 Å². The van der Waals surface area contributed by atoms with Crippen molar-refractivity contribution in [2.75, 3.05) is 19.3 Å². The van der Waals surface area contributed by atoms with Gasteiger partial charge in [0, 0.05) is 25.6 Å². The zero-order valence-corrected chi connectivity index (χ0v) is 25.9. The standard InChI is InChI=1S/C32H54N2O4S/c1-21(6-11-30(36)34-18-14-23(15-19-34)22(2)33-39(5,37)38)27-9-10-28-26-8-7-24-20-25(35)12-16-31(24,3)29(26)13-17-32(27,28)4/h7,21-23,25-29,33,35H,6,8-20H2,1-5H3/t21?,22?,25-,26-,27+,28-,29-,31-,32+/m0/s1. The molecule has 1 amide bonds. The Bertz CT molecular complexity index is 1050. The van der Waals surface area contributed by atoms with Crippen molar-refractivity contribution < 1.29 is 18.3 Å². The Balaban J connectivity index is 1.14. The van der Waals surface area contributed by atoms with Crippen LogP contribution in [-0.2, 0) is 14.8 Å². The quantitative estimate of drug-likeness (QED) is 0.400. The number of likely N-dealkylation sites (tertiary alicyclic amines) is 1. The Kier molecular flexibility index (Phi) is 8.38. The summed E-state index contributed by atoms with van der Waals surface area (Å²) in [6.45, 7) is 10.9. The molecule has 1 saturated heterocycles. The SMILES string of the molecule is CC(NS(C)(=O)=O)C1CCN(C(=O)CCC(C)[C@H]2CC[C@H]3[C@@H]4CC=C5C[C@@H](O)CC[C@]5(C)[C@H]4CC[C@]23C)CC1. The van der Waals surface area contributed by atoms with Crippen molar-refractivity contribution in [1.29, 1.82) is 0 Å². The molecule has 39 heavy (non-hydrogen) atoms. The van der Waals surface area contributed by atoms with E-state index in [0.717, 1.165) is 69.4 Å². The average molecular weight is 563 g/mol. The number of fused-ring (bicyclic) bond motifs is 5. The summed E-state index contributed by atoms with van der Waals surface area (Å²) in [6.07, 6.45) is 16.5. The van der Waals surface area contributed by atoms with Gasteiger partial charge in [0.2, 0.25) is 15.9 Å². The lowest BCUT2D eigenvalue weighted by Gasteiger charge is -2.58. The maximum absolute atomic E-state index is 13.2. The van der Waals surface area contributed by atoms with Crippen LogP contribution in [0.3, 0.4) is 0 Å². The number of nitrogens with zero attached hydrogens (tertiary/aromatic N) is 1. The molecule has 1 aliphatic heterocycles. The van der Waals surface area contributed by atoms with E-state index in [1.54, 1.807) is 5.57 Å². The largest absolute Gasteiger partial charge is 0.393 e. The van der Waals surface area contributed by atoms with Gasteiger partial charge in [-0.2, -0.15) is 0 Å². The molecule has 0 aromatic rings. The smallest absolute Gasteiger partial charge is 0.222 e. The Morgan fingerprint density at radius 3 is 2.49 bits per heavy atom. The number of allylic oxidation sites excluding steroid dienone is 1. The molecule has 7 heteroatoms. The van der Waals surface area contributed by atoms with E-state index in [-0.39, 0.29) is 18.1 Å². The number of nitrogens with one attached hydrogen (secondary N) is 1. The van der Waals surface area contributed by atoms with Gasteiger partial charge in [0.05, 0.1) is 12.4 Å². The molecule has 222 valence electrons. The van der Waals surface area contributed by atoms with Gasteiger partial charge in [-0.05, 0) is 124 Å². The van der Waals surface area contributed by atoms with Crippen molar-refractivity contribution in [2.24, 2.45) is 46.3 Å². The molecule has 6 nitrogen and oxygen atoms in total. The maximum Gasteiger partial charge on any atom is 0.222 e. The van der Waals surface area contributed by atoms with Crippen molar-refractivity contribution in [3.05, 3.63) is 11.6 Å². The summed E-state index contributed by atoms with van der Waals surface area (Å²) in [7, 11) is -3.20. The predicted molar refractivity (Wildman–Crippen MR) is 156 cm³/mol. The van der Waals surface area contributed by atoms with E-state index in [1.165, 1.54) is 38.4 Å². The summed E-state index contributed by atoms with van der Waals surface area (Å²) in [4.78, 5) is 15.2. The number of sulfonamides is 1. The van der Waals surface area contributed by atoms with Crippen LogP contribution in [-0.4, -0.2) is 55.8 Å². The summed E-state index contributed by atoms with van der Waals surface area (Å²) in [6, 6.07) is -0.0815. The van der Waals surface area contributed by atoms with Crippen LogP contribution in [0, 0.1) is 46.3 Å². The zero-order chi connectivity index (χ0) is 28.2. The second-order valence-electron chi connectivity index (χ2n) is 14.8. The van der Waals surface area contributed by atoms with Gasteiger partial charge in [-0.1, -0.05) is 32.4 Å². The van der Waals surface area contributed by atoms with Crippen LogP contribution in [0.1, 0.15) is 105 Å². The Hall–Kier alpha value is -0.920. The highest BCUT2D eigenvalue weighted by molar-refractivity contribution is 7.88. The molecule has 0 radical (unpaired) electrons. The van der Waals surface area contributed by atoms with Gasteiger partial charge in [0.25, 0.3) is 0 Å². The van der Waals surface area contributed by atoms with Crippen molar-refractivity contribution in [1.82, 2.24) is 9.62 Å². The first kappa shape index (κ1) is 29.6. The molecule has 4 aliphatic carbocycles. The molecule has 0 aromatic carbocycles. The van der Waals surface area contributed by atoms with E-state index in [2.05, 4.69) is 31.6 Å². The summed E-state index contributed by atoms with van der Waals surface area (Å²) < 4.78 is 25.9. The van der Waals surface area contributed by atoms with Gasteiger partial charge in [-0.3, -0.25) is 4.79 Å². The lowest BCUT2D eigenvalue weighted by atomic mass is 9.47. The van der Waals surface area contributed by atoms with Crippen LogP contribution in [0.2, 0.25) is 0 Å². The third kappa shape index (κ3) is 5.75. The minimum absolute atomic E-state index is 0.0815. The van der Waals surface area contributed by atoms with Gasteiger partial charge in [0.15, 0.2) is 0 Å². The average Bonchev–Trinajstić information content (AvgIpc) is 3.24. The summed E-state index contributed by atoms with van der Waals surface area (Å²) in [5.41, 5.74) is 2.24. The van der Waals surface area contributed by atoms with E-state index in [1.807, 2.05) is 11.8 Å². The second-order valence-corrected chi connectivity index (χ2v) is 16.6. The second kappa shape index (κ2) is 11.1. The number of aliphatic hydroxyl groups excluding tert-OH is 1. The lowest BCUT2D eigenvalue weighted by Crippen LogP contribution is -2.50. The molecule has 0 aromatic heterocycles. The molecule has 4 fully saturated rings. The van der Waals surface area contributed by atoms with Crippen LogP contribution in [0.15, 0.2) is 11.6 Å². The zero-order valence-electron chi connectivity index (χ0n) is 25.1. The van der Waals surface area contributed by atoms with E-state index < -0.39 is 10.0 Å². The van der Waals surface area contributed by atoms with Crippen LogP contribution < -0.4 is 4.72 Å². The molecule has 3 saturated carbocycles. The minimum atomic E-state index is -3.20. The molecule has 9 atom stereocenters. The highest BCUT2D eigenvalue weighted by Gasteiger charge is 2.59. The number of piperidine rings is 1. The van der Waals surface area contributed by atoms with Crippen LogP contribution in [0.25, 0.3) is 0 Å². The fourth-order valence-corrected chi connectivity index (χ4v) is 11.3. The van der Waals surface area contributed by atoms with Crippen LogP contribution in [0.4, 0.5) is 0 Å². The molecule has 2 N–H and O–H groups in total. The fraction of sp³-hybridized carbons (Fsp3) is 0.906. The molecule has 2 unspecified atom stereocenters. The first-order valence-electron chi connectivity index (χ1n) is 15.9. The molecule has 5 aliphatic rings. The number of aliphatic hydroxyl groups is 1. The molecular weight excluding hydrogens is 508 g/mol. The number of amides is 1. The number of carbonyl (C=O) groups is 1. The fourth-order valence-electron chi connectivity index (χ4n) is 10.4. The molecular formula is C32H54N2O4S. The predicted octanol–water partition coefficient (Wildman–Crippen LogP) is 5.52. The minimum Gasteiger partial charge on any atom is -0.393 e. The first-order chi connectivity index (χ1) is 18.3. The van der Waals surface area contributed by atoms with Crippen molar-refractivity contribution >= 4 is 15.9 Å². The number of hydrogen-bond donors (Lipinski definition) is 2. The van der Waals surface area contributed by atoms with E-state index in [9.17, 15) is 18.3 Å². The first-order valence-corrected chi connectivity index (χ1v) is 17.8. The Morgan fingerprint density at radius 2 is 1.79 bits per heavy atom.